The van der Waals surface area contributed by atoms with E-state index in [1.807, 2.05) is 0 Å². The van der Waals surface area contributed by atoms with Crippen LogP contribution in [0.15, 0.2) is 41.4 Å². The van der Waals surface area contributed by atoms with Crippen LogP contribution >= 0.6 is 0 Å². The van der Waals surface area contributed by atoms with Crippen LogP contribution in [0.2, 0.25) is 0 Å². The monoisotopic (exact) mass is 412 g/mol. The number of aliphatic imine (C=N–C) groups is 1. The first-order valence-electron chi connectivity index (χ1n) is 11.6. The summed E-state index contributed by atoms with van der Waals surface area (Å²) in [5.41, 5.74) is 3.81. The van der Waals surface area contributed by atoms with Crippen molar-refractivity contribution in [3.63, 3.8) is 0 Å². The molecule has 2 unspecified atom stereocenters. The highest BCUT2D eigenvalue weighted by atomic mass is 16.5. The Labute approximate surface area is 183 Å². The van der Waals surface area contributed by atoms with Crippen LogP contribution in [0.5, 0.6) is 0 Å². The van der Waals surface area contributed by atoms with Crippen molar-refractivity contribution in [2.75, 3.05) is 39.3 Å². The van der Waals surface area contributed by atoms with E-state index in [-0.39, 0.29) is 6.10 Å². The van der Waals surface area contributed by atoms with Crippen LogP contribution < -0.4 is 10.6 Å². The molecule has 1 aromatic carbocycles. The summed E-state index contributed by atoms with van der Waals surface area (Å²) in [7, 11) is 0. The van der Waals surface area contributed by atoms with E-state index in [0.717, 1.165) is 64.6 Å². The minimum atomic E-state index is 0.149. The minimum absolute atomic E-state index is 0.149. The number of benzene rings is 1. The number of hydrogen-bond donors (Lipinski definition) is 2. The lowest BCUT2D eigenvalue weighted by atomic mass is 9.89. The highest BCUT2D eigenvalue weighted by Crippen LogP contribution is 2.34. The molecule has 2 fully saturated rings. The topological polar surface area (TPSA) is 48.9 Å². The van der Waals surface area contributed by atoms with Gasteiger partial charge in [-0.25, -0.2) is 0 Å². The molecule has 5 nitrogen and oxygen atoms in total. The Balaban J connectivity index is 1.57. The summed E-state index contributed by atoms with van der Waals surface area (Å²) in [4.78, 5) is 7.47. The maximum Gasteiger partial charge on any atom is 0.191 e. The molecule has 0 bridgehead atoms. The van der Waals surface area contributed by atoms with Gasteiger partial charge in [-0.15, -0.1) is 0 Å². The molecule has 0 aromatic heterocycles. The number of nitrogens with zero attached hydrogens (tertiary/aromatic N) is 2. The largest absolute Gasteiger partial charge is 0.373 e. The summed E-state index contributed by atoms with van der Waals surface area (Å²) in [5.74, 6) is 1.37. The van der Waals surface area contributed by atoms with Crippen LogP contribution in [0.1, 0.15) is 56.8 Å². The van der Waals surface area contributed by atoms with E-state index in [4.69, 9.17) is 9.73 Å². The Hall–Kier alpha value is -1.85. The Bertz CT molecular complexity index is 692. The van der Waals surface area contributed by atoms with Gasteiger partial charge in [0.1, 0.15) is 0 Å². The average molecular weight is 413 g/mol. The predicted octanol–water partition coefficient (Wildman–Crippen LogP) is 4.06. The number of likely N-dealkylation sites (tertiary alicyclic amines) is 1. The molecule has 3 rings (SSSR count). The van der Waals surface area contributed by atoms with E-state index < -0.39 is 0 Å². The van der Waals surface area contributed by atoms with Crippen LogP contribution in [0.25, 0.3) is 0 Å². The molecule has 2 heterocycles. The van der Waals surface area contributed by atoms with Crippen LogP contribution in [-0.2, 0) is 4.74 Å². The molecule has 0 saturated carbocycles. The van der Waals surface area contributed by atoms with Crippen molar-refractivity contribution in [1.82, 2.24) is 15.5 Å². The molecular formula is C25H40N4O. The van der Waals surface area contributed by atoms with Crippen LogP contribution in [0.4, 0.5) is 0 Å². The third-order valence-corrected chi connectivity index (χ3v) is 6.10. The summed E-state index contributed by atoms with van der Waals surface area (Å²) >= 11 is 0. The molecule has 5 heteroatoms. The quantitative estimate of drug-likeness (QED) is 0.403. The second-order valence-corrected chi connectivity index (χ2v) is 8.98. The fourth-order valence-corrected chi connectivity index (χ4v) is 4.49. The number of ether oxygens (including phenoxy) is 1. The van der Waals surface area contributed by atoms with Crippen molar-refractivity contribution < 1.29 is 4.74 Å². The van der Waals surface area contributed by atoms with Gasteiger partial charge in [0.15, 0.2) is 5.96 Å². The molecule has 0 radical (unpaired) electrons. The fourth-order valence-electron chi connectivity index (χ4n) is 4.49. The molecule has 0 aliphatic carbocycles. The summed E-state index contributed by atoms with van der Waals surface area (Å²) in [6.45, 7) is 16.2. The summed E-state index contributed by atoms with van der Waals surface area (Å²) < 4.78 is 6.18. The third kappa shape index (κ3) is 6.85. The van der Waals surface area contributed by atoms with E-state index in [9.17, 15) is 0 Å². The number of guanidine groups is 1. The van der Waals surface area contributed by atoms with E-state index in [1.54, 1.807) is 0 Å². The van der Waals surface area contributed by atoms with Gasteiger partial charge in [-0.3, -0.25) is 9.89 Å². The van der Waals surface area contributed by atoms with Crippen LogP contribution in [0, 0.1) is 12.8 Å². The van der Waals surface area contributed by atoms with Gasteiger partial charge in [-0.1, -0.05) is 42.0 Å². The smallest absolute Gasteiger partial charge is 0.191 e. The second-order valence-electron chi connectivity index (χ2n) is 8.98. The number of rotatable bonds is 7. The molecule has 2 saturated heterocycles. The molecule has 166 valence electrons. The molecule has 2 N–H and O–H groups in total. The lowest BCUT2D eigenvalue weighted by Gasteiger charge is -2.34. The van der Waals surface area contributed by atoms with Gasteiger partial charge in [0.25, 0.3) is 0 Å². The summed E-state index contributed by atoms with van der Waals surface area (Å²) in [6.07, 6.45) is 4.73. The standard InChI is InChI=1S/C25H40N4O/c1-5-26-25(28-23-12-14-29(15-13-23)18-19(2)3)27-17-22-7-6-16-30-24(22)21-10-8-20(4)9-11-21/h8-11,22-24H,2,5-7,12-18H2,1,3-4H3,(H2,26,27,28). The molecule has 30 heavy (non-hydrogen) atoms. The zero-order chi connectivity index (χ0) is 21.3. The van der Waals surface area contributed by atoms with Gasteiger partial charge in [0.05, 0.1) is 6.10 Å². The molecule has 2 aliphatic rings. The second kappa shape index (κ2) is 11.5. The molecule has 0 amide bonds. The van der Waals surface area contributed by atoms with E-state index in [0.29, 0.717) is 12.0 Å². The normalized spacial score (nSPS) is 23.9. The highest BCUT2D eigenvalue weighted by Gasteiger charge is 2.27. The van der Waals surface area contributed by atoms with E-state index >= 15 is 0 Å². The maximum absolute atomic E-state index is 6.18. The first-order chi connectivity index (χ1) is 14.5. The van der Waals surface area contributed by atoms with Crippen molar-refractivity contribution in [3.8, 4) is 0 Å². The predicted molar refractivity (Wildman–Crippen MR) is 126 cm³/mol. The number of piperidine rings is 1. The van der Waals surface area contributed by atoms with Gasteiger partial charge in [0, 0.05) is 51.3 Å². The number of aryl methyl sites for hydroxylation is 1. The number of nitrogens with one attached hydrogen (secondary N) is 2. The Morgan fingerprint density at radius 3 is 2.60 bits per heavy atom. The molecule has 0 spiro atoms. The summed E-state index contributed by atoms with van der Waals surface area (Å²) in [6, 6.07) is 9.27. The van der Waals surface area contributed by atoms with Gasteiger partial charge < -0.3 is 15.4 Å². The average Bonchev–Trinajstić information content (AvgIpc) is 2.74. The third-order valence-electron chi connectivity index (χ3n) is 6.10. The van der Waals surface area contributed by atoms with Gasteiger partial charge in [-0.2, -0.15) is 0 Å². The minimum Gasteiger partial charge on any atom is -0.373 e. The molecule has 2 aliphatic heterocycles. The zero-order valence-electron chi connectivity index (χ0n) is 19.1. The number of hydrogen-bond acceptors (Lipinski definition) is 3. The zero-order valence-corrected chi connectivity index (χ0v) is 19.1. The first-order valence-corrected chi connectivity index (χ1v) is 11.6. The van der Waals surface area contributed by atoms with Crippen LogP contribution in [0.3, 0.4) is 0 Å². The van der Waals surface area contributed by atoms with Gasteiger partial charge >= 0.3 is 0 Å². The van der Waals surface area contributed by atoms with Crippen molar-refractivity contribution in [2.45, 2.75) is 58.6 Å². The van der Waals surface area contributed by atoms with Crippen LogP contribution in [-0.4, -0.2) is 56.2 Å². The van der Waals surface area contributed by atoms with Crippen molar-refractivity contribution in [3.05, 3.63) is 47.5 Å². The van der Waals surface area contributed by atoms with E-state index in [1.165, 1.54) is 23.1 Å². The van der Waals surface area contributed by atoms with Crippen molar-refractivity contribution >= 4 is 5.96 Å². The van der Waals surface area contributed by atoms with Gasteiger partial charge in [0.2, 0.25) is 0 Å². The van der Waals surface area contributed by atoms with Gasteiger partial charge in [-0.05, 0) is 52.0 Å². The molecular weight excluding hydrogens is 372 g/mol. The Kier molecular flexibility index (Phi) is 8.76. The highest BCUT2D eigenvalue weighted by molar-refractivity contribution is 5.80. The Morgan fingerprint density at radius 1 is 1.20 bits per heavy atom. The van der Waals surface area contributed by atoms with Crippen molar-refractivity contribution in [2.24, 2.45) is 10.9 Å². The van der Waals surface area contributed by atoms with E-state index in [2.05, 4.69) is 67.1 Å². The lowest BCUT2D eigenvalue weighted by molar-refractivity contribution is -0.0250. The summed E-state index contributed by atoms with van der Waals surface area (Å²) in [5, 5.41) is 7.13. The SMILES string of the molecule is C=C(C)CN1CCC(NC(=NCC2CCCOC2c2ccc(C)cc2)NCC)CC1. The van der Waals surface area contributed by atoms with Crippen molar-refractivity contribution in [1.29, 1.82) is 0 Å². The lowest BCUT2D eigenvalue weighted by Crippen LogP contribution is -2.49. The Morgan fingerprint density at radius 2 is 1.93 bits per heavy atom. The maximum atomic E-state index is 6.18. The molecule has 1 aromatic rings. The molecule has 2 atom stereocenters. The fraction of sp³-hybridized carbons (Fsp3) is 0.640. The first kappa shape index (κ1) is 22.8.